The van der Waals surface area contributed by atoms with Gasteiger partial charge in [-0.05, 0) is 49.4 Å². The summed E-state index contributed by atoms with van der Waals surface area (Å²) in [4.78, 5) is 30.7. The number of aromatic nitrogens is 1. The van der Waals surface area contributed by atoms with E-state index in [2.05, 4.69) is 20.3 Å². The Morgan fingerprint density at radius 3 is 2.62 bits per heavy atom. The SMILES string of the molecule is CS(=O)(=O)NCC1(c2ccc(N3CCC[C@H](NC(=O)Nc4ncc(Cl)cc4F)C3=O)cc2)CC1. The Hall–Kier alpha value is -2.76. The molecule has 2 fully saturated rings. The number of nitrogens with one attached hydrogen (secondary N) is 3. The molecule has 12 heteroatoms. The van der Waals surface area contributed by atoms with Crippen LogP contribution in [0.4, 0.5) is 20.7 Å². The average molecular weight is 510 g/mol. The molecule has 9 nitrogen and oxygen atoms in total. The van der Waals surface area contributed by atoms with Gasteiger partial charge in [0.15, 0.2) is 11.6 Å². The third-order valence-corrected chi connectivity index (χ3v) is 6.98. The quantitative estimate of drug-likeness (QED) is 0.530. The molecule has 3 N–H and O–H groups in total. The van der Waals surface area contributed by atoms with Crippen LogP contribution in [0.1, 0.15) is 31.2 Å². The van der Waals surface area contributed by atoms with E-state index in [1.54, 1.807) is 4.90 Å². The predicted octanol–water partition coefficient (Wildman–Crippen LogP) is 2.77. The van der Waals surface area contributed by atoms with Crippen LogP contribution < -0.4 is 20.3 Å². The number of carbonyl (C=O) groups is 2. The summed E-state index contributed by atoms with van der Waals surface area (Å²) in [6, 6.07) is 7.03. The van der Waals surface area contributed by atoms with Crippen LogP contribution in [0.25, 0.3) is 0 Å². The Kier molecular flexibility index (Phi) is 6.79. The number of anilines is 2. The summed E-state index contributed by atoms with van der Waals surface area (Å²) < 4.78 is 39.4. The first-order valence-electron chi connectivity index (χ1n) is 10.8. The van der Waals surface area contributed by atoms with Crippen LogP contribution in [0, 0.1) is 5.82 Å². The molecule has 182 valence electrons. The smallest absolute Gasteiger partial charge is 0.321 e. The monoisotopic (exact) mass is 509 g/mol. The number of urea groups is 1. The first-order valence-corrected chi connectivity index (χ1v) is 13.1. The molecule has 1 saturated heterocycles. The van der Waals surface area contributed by atoms with Crippen molar-refractivity contribution in [3.63, 3.8) is 0 Å². The molecule has 34 heavy (non-hydrogen) atoms. The highest BCUT2D eigenvalue weighted by atomic mass is 35.5. The molecular formula is C22H25ClFN5O4S. The van der Waals surface area contributed by atoms with E-state index >= 15 is 0 Å². The lowest BCUT2D eigenvalue weighted by atomic mass is 9.95. The predicted molar refractivity (Wildman–Crippen MR) is 127 cm³/mol. The van der Waals surface area contributed by atoms with Gasteiger partial charge in [-0.15, -0.1) is 0 Å². The summed E-state index contributed by atoms with van der Waals surface area (Å²) in [5, 5.41) is 4.99. The number of pyridine rings is 1. The van der Waals surface area contributed by atoms with Gasteiger partial charge in [0.05, 0.1) is 11.3 Å². The van der Waals surface area contributed by atoms with E-state index in [9.17, 15) is 22.4 Å². The van der Waals surface area contributed by atoms with Gasteiger partial charge in [0.2, 0.25) is 15.9 Å². The first-order chi connectivity index (χ1) is 16.1. The van der Waals surface area contributed by atoms with E-state index in [0.717, 1.165) is 30.7 Å². The highest BCUT2D eigenvalue weighted by Crippen LogP contribution is 2.48. The minimum atomic E-state index is -3.27. The molecule has 0 bridgehead atoms. The second-order valence-corrected chi connectivity index (χ2v) is 11.0. The molecule has 2 aromatic rings. The summed E-state index contributed by atoms with van der Waals surface area (Å²) in [5.74, 6) is -1.32. The van der Waals surface area contributed by atoms with Gasteiger partial charge in [0.1, 0.15) is 6.04 Å². The van der Waals surface area contributed by atoms with E-state index < -0.39 is 27.9 Å². The third kappa shape index (κ3) is 5.65. The molecule has 1 aliphatic carbocycles. The fourth-order valence-electron chi connectivity index (χ4n) is 4.06. The highest BCUT2D eigenvalue weighted by Gasteiger charge is 2.44. The molecule has 3 amide bonds. The average Bonchev–Trinajstić information content (AvgIpc) is 3.57. The van der Waals surface area contributed by atoms with Crippen LogP contribution in [0.2, 0.25) is 5.02 Å². The lowest BCUT2D eigenvalue weighted by Crippen LogP contribution is -2.53. The Bertz CT molecular complexity index is 1200. The van der Waals surface area contributed by atoms with Gasteiger partial charge in [0.25, 0.3) is 0 Å². The van der Waals surface area contributed by atoms with Crippen molar-refractivity contribution >= 4 is 45.1 Å². The topological polar surface area (TPSA) is 120 Å². The lowest BCUT2D eigenvalue weighted by molar-refractivity contribution is -0.121. The molecule has 1 aliphatic heterocycles. The maximum Gasteiger partial charge on any atom is 0.321 e. The van der Waals surface area contributed by atoms with Gasteiger partial charge in [-0.25, -0.2) is 27.3 Å². The van der Waals surface area contributed by atoms with Crippen LogP contribution in [0.15, 0.2) is 36.5 Å². The number of carbonyl (C=O) groups excluding carboxylic acids is 2. The molecular weight excluding hydrogens is 485 g/mol. The molecule has 1 saturated carbocycles. The van der Waals surface area contributed by atoms with Crippen LogP contribution >= 0.6 is 11.6 Å². The Morgan fingerprint density at radius 2 is 2.00 bits per heavy atom. The summed E-state index contributed by atoms with van der Waals surface area (Å²) >= 11 is 5.67. The van der Waals surface area contributed by atoms with Crippen molar-refractivity contribution in [2.75, 3.05) is 29.6 Å². The van der Waals surface area contributed by atoms with E-state index in [4.69, 9.17) is 11.6 Å². The molecule has 1 aromatic heterocycles. The standard InChI is InChI=1S/C22H25ClFN5O4S/c1-34(32,33)26-13-22(8-9-22)14-4-6-16(7-5-14)29-10-2-3-18(20(29)30)27-21(31)28-19-17(24)11-15(23)12-25-19/h4-7,11-12,18,26H,2-3,8-10,13H2,1H3,(H2,25,27,28,31)/t18-/m0/s1. The van der Waals surface area contributed by atoms with E-state index in [-0.39, 0.29) is 22.2 Å². The first kappa shape index (κ1) is 24.4. The minimum Gasteiger partial charge on any atom is -0.326 e. The number of hydrogen-bond acceptors (Lipinski definition) is 5. The summed E-state index contributed by atoms with van der Waals surface area (Å²) in [7, 11) is -3.27. The fraction of sp³-hybridized carbons (Fsp3) is 0.409. The lowest BCUT2D eigenvalue weighted by Gasteiger charge is -2.33. The molecule has 2 aliphatic rings. The Morgan fingerprint density at radius 1 is 1.29 bits per heavy atom. The van der Waals surface area contributed by atoms with Gasteiger partial charge in [-0.2, -0.15) is 0 Å². The summed E-state index contributed by atoms with van der Waals surface area (Å²) in [5.41, 5.74) is 1.50. The number of piperidine rings is 1. The molecule has 0 radical (unpaired) electrons. The Balaban J connectivity index is 1.39. The van der Waals surface area contributed by atoms with Gasteiger partial charge >= 0.3 is 6.03 Å². The second-order valence-electron chi connectivity index (χ2n) is 8.69. The van der Waals surface area contributed by atoms with Crippen molar-refractivity contribution < 1.29 is 22.4 Å². The number of nitrogens with zero attached hydrogens (tertiary/aromatic N) is 2. The second kappa shape index (κ2) is 9.47. The van der Waals surface area contributed by atoms with Gasteiger partial charge in [-0.3, -0.25) is 10.1 Å². The van der Waals surface area contributed by atoms with Crippen molar-refractivity contribution in [2.24, 2.45) is 0 Å². The molecule has 0 spiro atoms. The number of benzene rings is 1. The fourth-order valence-corrected chi connectivity index (χ4v) is 4.74. The van der Waals surface area contributed by atoms with E-state index in [0.29, 0.717) is 31.6 Å². The minimum absolute atomic E-state index is 0.104. The summed E-state index contributed by atoms with van der Waals surface area (Å²) in [6.45, 7) is 0.851. The zero-order valence-electron chi connectivity index (χ0n) is 18.5. The number of sulfonamides is 1. The highest BCUT2D eigenvalue weighted by molar-refractivity contribution is 7.88. The van der Waals surface area contributed by atoms with Crippen LogP contribution in [-0.2, 0) is 20.2 Å². The van der Waals surface area contributed by atoms with Gasteiger partial charge in [0, 0.05) is 30.4 Å². The van der Waals surface area contributed by atoms with Crippen LogP contribution in [0.5, 0.6) is 0 Å². The number of amides is 3. The van der Waals surface area contributed by atoms with Crippen molar-refractivity contribution in [1.82, 2.24) is 15.0 Å². The normalized spacial score (nSPS) is 19.6. The molecule has 1 atom stereocenters. The van der Waals surface area contributed by atoms with Crippen LogP contribution in [-0.4, -0.2) is 50.7 Å². The molecule has 4 rings (SSSR count). The maximum absolute atomic E-state index is 13.9. The third-order valence-electron chi connectivity index (χ3n) is 6.10. The molecule has 0 unspecified atom stereocenters. The van der Waals surface area contributed by atoms with E-state index in [1.807, 2.05) is 24.3 Å². The van der Waals surface area contributed by atoms with Gasteiger partial charge in [-0.1, -0.05) is 23.7 Å². The number of halogens is 2. The zero-order chi connectivity index (χ0) is 24.5. The largest absolute Gasteiger partial charge is 0.326 e. The molecule has 1 aromatic carbocycles. The summed E-state index contributed by atoms with van der Waals surface area (Å²) in [6.07, 6.45) is 5.26. The number of rotatable bonds is 7. The number of hydrogen-bond donors (Lipinski definition) is 3. The van der Waals surface area contributed by atoms with Crippen molar-refractivity contribution in [1.29, 1.82) is 0 Å². The van der Waals surface area contributed by atoms with Crippen molar-refractivity contribution in [3.05, 3.63) is 52.9 Å². The van der Waals surface area contributed by atoms with Crippen LogP contribution in [0.3, 0.4) is 0 Å². The van der Waals surface area contributed by atoms with Gasteiger partial charge < -0.3 is 10.2 Å². The molecule has 2 heterocycles. The van der Waals surface area contributed by atoms with Crippen molar-refractivity contribution in [2.45, 2.75) is 37.1 Å². The Labute approximate surface area is 202 Å². The zero-order valence-corrected chi connectivity index (χ0v) is 20.0. The maximum atomic E-state index is 13.9. The van der Waals surface area contributed by atoms with E-state index in [1.165, 1.54) is 6.20 Å². The van der Waals surface area contributed by atoms with Crippen molar-refractivity contribution in [3.8, 4) is 0 Å².